The molecule has 1 aliphatic heterocycles. The average Bonchev–Trinajstić information content (AvgIpc) is 2.74. The number of rotatable bonds is 4. The predicted octanol–water partition coefficient (Wildman–Crippen LogP) is 2.21. The maximum Gasteiger partial charge on any atom is 0.237 e. The first-order valence-electron chi connectivity index (χ1n) is 9.56. The number of nitrogens with two attached hydrogens (primary N) is 1. The highest BCUT2D eigenvalue weighted by Crippen LogP contribution is 2.42. The minimum absolute atomic E-state index is 0.0205. The number of nitrogens with zero attached hydrogens (tertiary/aromatic N) is 2. The Morgan fingerprint density at radius 2 is 2.14 bits per heavy atom. The van der Waals surface area contributed by atoms with E-state index in [1.165, 1.54) is 0 Å². The number of hydrogen-bond donors (Lipinski definition) is 3. The summed E-state index contributed by atoms with van der Waals surface area (Å²) in [6.45, 7) is 0.491. The third-order valence-electron chi connectivity index (χ3n) is 5.79. The van der Waals surface area contributed by atoms with E-state index in [1.54, 1.807) is 24.4 Å². The quantitative estimate of drug-likeness (QED) is 0.753. The molecule has 7 nitrogen and oxygen atoms in total. The molecule has 1 amide bonds. The number of carbonyl (C=O) groups excluding carboxylic acids is 1. The first-order valence-corrected chi connectivity index (χ1v) is 9.56. The molecule has 0 spiro atoms. The normalized spacial score (nSPS) is 26.6. The van der Waals surface area contributed by atoms with Crippen LogP contribution in [0.15, 0.2) is 42.7 Å². The number of pyridine rings is 1. The molecule has 1 aliphatic carbocycles. The van der Waals surface area contributed by atoms with Gasteiger partial charge in [0.2, 0.25) is 5.91 Å². The van der Waals surface area contributed by atoms with Crippen LogP contribution in [-0.4, -0.2) is 23.5 Å². The molecular weight excluding hydrogens is 354 g/mol. The lowest BCUT2D eigenvalue weighted by molar-refractivity contribution is -0.133. The molecule has 2 aliphatic rings. The predicted molar refractivity (Wildman–Crippen MR) is 103 cm³/mol. The zero-order valence-corrected chi connectivity index (χ0v) is 15.5. The van der Waals surface area contributed by atoms with Gasteiger partial charge in [-0.1, -0.05) is 6.07 Å². The van der Waals surface area contributed by atoms with Crippen LogP contribution in [0.25, 0.3) is 0 Å². The third kappa shape index (κ3) is 3.70. The van der Waals surface area contributed by atoms with Gasteiger partial charge in [-0.3, -0.25) is 15.2 Å². The Labute approximate surface area is 163 Å². The van der Waals surface area contributed by atoms with Gasteiger partial charge >= 0.3 is 0 Å². The van der Waals surface area contributed by atoms with E-state index in [1.807, 2.05) is 18.3 Å². The van der Waals surface area contributed by atoms with Crippen LogP contribution in [0.1, 0.15) is 36.3 Å². The Balaban J connectivity index is 1.51. The first-order chi connectivity index (χ1) is 13.7. The number of benzene rings is 1. The molecule has 28 heavy (non-hydrogen) atoms. The molecule has 0 bridgehead atoms. The fraction of sp³-hybridized carbons (Fsp3) is 0.381. The highest BCUT2D eigenvalue weighted by Gasteiger charge is 2.42. The summed E-state index contributed by atoms with van der Waals surface area (Å²) in [5.41, 5.74) is 13.4. The summed E-state index contributed by atoms with van der Waals surface area (Å²) in [5.74, 6) is 1.87. The number of carbonyl (C=O) groups is 1. The number of hydrazine groups is 1. The van der Waals surface area contributed by atoms with Crippen LogP contribution >= 0.6 is 0 Å². The second-order valence-corrected chi connectivity index (χ2v) is 7.45. The highest BCUT2D eigenvalue weighted by molar-refractivity contribution is 5.79. The molecule has 1 aromatic carbocycles. The molecule has 2 aromatic rings. The summed E-state index contributed by atoms with van der Waals surface area (Å²) in [6.07, 6.45) is 6.21. The number of ether oxygens (including phenoxy) is 1. The lowest BCUT2D eigenvalue weighted by Gasteiger charge is -2.43. The van der Waals surface area contributed by atoms with E-state index < -0.39 is 0 Å². The molecule has 1 saturated heterocycles. The molecule has 4 N–H and O–H groups in total. The second kappa shape index (κ2) is 7.97. The van der Waals surface area contributed by atoms with Crippen molar-refractivity contribution >= 4 is 5.91 Å². The standard InChI is InChI=1S/C21H23N5O2/c22-9-13-2-1-3-16(6-13)28-17-7-15(11-24-12-17)14-4-5-18-19(8-14)20(10-23)25-26-21(18)27/h1-3,6-7,11-12,14,18-20,25H,4-5,8,10,23H2,(H,26,27). The molecule has 4 unspecified atom stereocenters. The maximum absolute atomic E-state index is 12.2. The molecule has 2 fully saturated rings. The monoisotopic (exact) mass is 377 g/mol. The molecular formula is C21H23N5O2. The molecule has 4 rings (SSSR count). The summed E-state index contributed by atoms with van der Waals surface area (Å²) in [4.78, 5) is 16.5. The van der Waals surface area contributed by atoms with Crippen LogP contribution < -0.4 is 21.3 Å². The lowest BCUT2D eigenvalue weighted by Crippen LogP contribution is -2.62. The molecule has 7 heteroatoms. The SMILES string of the molecule is N#Cc1cccc(Oc2cncc(C3CCC4C(=O)NNC(CN)C4C3)c2)c1. The van der Waals surface area contributed by atoms with Gasteiger partial charge in [-0.15, -0.1) is 0 Å². The van der Waals surface area contributed by atoms with Crippen molar-refractivity contribution in [1.82, 2.24) is 15.8 Å². The van der Waals surface area contributed by atoms with Crippen molar-refractivity contribution in [3.8, 4) is 17.6 Å². The maximum atomic E-state index is 12.2. The molecule has 0 radical (unpaired) electrons. The van der Waals surface area contributed by atoms with Crippen LogP contribution in [0, 0.1) is 23.2 Å². The van der Waals surface area contributed by atoms with Gasteiger partial charge in [-0.25, -0.2) is 5.43 Å². The summed E-state index contributed by atoms with van der Waals surface area (Å²) in [6, 6.07) is 11.3. The van der Waals surface area contributed by atoms with E-state index in [-0.39, 0.29) is 23.8 Å². The van der Waals surface area contributed by atoms with Gasteiger partial charge in [0.15, 0.2) is 0 Å². The van der Waals surface area contributed by atoms with Crippen molar-refractivity contribution in [2.45, 2.75) is 31.2 Å². The number of amides is 1. The summed E-state index contributed by atoms with van der Waals surface area (Å²) >= 11 is 0. The Hall–Kier alpha value is -2.95. The van der Waals surface area contributed by atoms with Crippen molar-refractivity contribution in [3.05, 3.63) is 53.9 Å². The van der Waals surface area contributed by atoms with Crippen molar-refractivity contribution in [2.75, 3.05) is 6.54 Å². The van der Waals surface area contributed by atoms with E-state index >= 15 is 0 Å². The van der Waals surface area contributed by atoms with Crippen LogP contribution in [0.2, 0.25) is 0 Å². The van der Waals surface area contributed by atoms with Gasteiger partial charge in [0, 0.05) is 24.7 Å². The third-order valence-corrected chi connectivity index (χ3v) is 5.79. The van der Waals surface area contributed by atoms with Gasteiger partial charge in [0.1, 0.15) is 11.5 Å². The molecule has 2 heterocycles. The molecule has 4 atom stereocenters. The minimum Gasteiger partial charge on any atom is -0.456 e. The summed E-state index contributed by atoms with van der Waals surface area (Å²) < 4.78 is 5.91. The highest BCUT2D eigenvalue weighted by atomic mass is 16.5. The number of nitriles is 1. The fourth-order valence-electron chi connectivity index (χ4n) is 4.36. The number of aromatic nitrogens is 1. The van der Waals surface area contributed by atoms with Crippen molar-refractivity contribution in [3.63, 3.8) is 0 Å². The van der Waals surface area contributed by atoms with Gasteiger partial charge in [0.25, 0.3) is 0 Å². The minimum atomic E-state index is 0.0205. The Bertz CT molecular complexity index is 910. The number of fused-ring (bicyclic) bond motifs is 1. The van der Waals surface area contributed by atoms with Crippen LogP contribution in [0.5, 0.6) is 11.5 Å². The first kappa shape index (κ1) is 18.4. The zero-order valence-electron chi connectivity index (χ0n) is 15.5. The lowest BCUT2D eigenvalue weighted by atomic mass is 9.68. The van der Waals surface area contributed by atoms with E-state index in [4.69, 9.17) is 15.7 Å². The largest absolute Gasteiger partial charge is 0.456 e. The van der Waals surface area contributed by atoms with E-state index in [2.05, 4.69) is 21.9 Å². The number of nitrogens with one attached hydrogen (secondary N) is 2. The second-order valence-electron chi connectivity index (χ2n) is 7.45. The van der Waals surface area contributed by atoms with E-state index in [0.29, 0.717) is 29.5 Å². The van der Waals surface area contributed by atoms with E-state index in [0.717, 1.165) is 24.8 Å². The Morgan fingerprint density at radius 3 is 2.96 bits per heavy atom. The molecule has 1 saturated carbocycles. The van der Waals surface area contributed by atoms with Gasteiger partial charge in [-0.05, 0) is 60.9 Å². The van der Waals surface area contributed by atoms with Crippen molar-refractivity contribution < 1.29 is 9.53 Å². The molecule has 144 valence electrons. The van der Waals surface area contributed by atoms with Gasteiger partial charge < -0.3 is 10.5 Å². The van der Waals surface area contributed by atoms with E-state index in [9.17, 15) is 4.79 Å². The van der Waals surface area contributed by atoms with Crippen LogP contribution in [-0.2, 0) is 4.79 Å². The fourth-order valence-corrected chi connectivity index (χ4v) is 4.36. The average molecular weight is 377 g/mol. The van der Waals surface area contributed by atoms with Gasteiger partial charge in [-0.2, -0.15) is 5.26 Å². The van der Waals surface area contributed by atoms with Crippen LogP contribution in [0.3, 0.4) is 0 Å². The van der Waals surface area contributed by atoms with Crippen molar-refractivity contribution in [2.24, 2.45) is 17.6 Å². The van der Waals surface area contributed by atoms with Gasteiger partial charge in [0.05, 0.1) is 17.8 Å². The Morgan fingerprint density at radius 1 is 1.25 bits per heavy atom. The summed E-state index contributed by atoms with van der Waals surface area (Å²) in [5, 5.41) is 9.04. The van der Waals surface area contributed by atoms with Crippen molar-refractivity contribution in [1.29, 1.82) is 5.26 Å². The number of hydrogen-bond acceptors (Lipinski definition) is 6. The summed E-state index contributed by atoms with van der Waals surface area (Å²) in [7, 11) is 0. The molecule has 1 aromatic heterocycles. The smallest absolute Gasteiger partial charge is 0.237 e. The zero-order chi connectivity index (χ0) is 19.5. The van der Waals surface area contributed by atoms with Crippen LogP contribution in [0.4, 0.5) is 0 Å². The Kier molecular flexibility index (Phi) is 5.24. The topological polar surface area (TPSA) is 113 Å².